The number of hydrogen-bond acceptors (Lipinski definition) is 4. The maximum atomic E-state index is 11.7. The highest BCUT2D eigenvalue weighted by molar-refractivity contribution is 5.78. The molecule has 0 fully saturated rings. The summed E-state index contributed by atoms with van der Waals surface area (Å²) in [6, 6.07) is 15.0. The fourth-order valence-electron chi connectivity index (χ4n) is 2.34. The van der Waals surface area contributed by atoms with Crippen LogP contribution >= 0.6 is 0 Å². The summed E-state index contributed by atoms with van der Waals surface area (Å²) in [4.78, 5) is 18.9. The Morgan fingerprint density at radius 1 is 0.826 bits per heavy atom. The van der Waals surface area contributed by atoms with Crippen molar-refractivity contribution in [3.8, 4) is 34.0 Å². The van der Waals surface area contributed by atoms with Crippen molar-refractivity contribution in [2.75, 3.05) is 14.2 Å². The second-order valence-electron chi connectivity index (χ2n) is 4.93. The fraction of sp³-hybridized carbons (Fsp3) is 0.111. The summed E-state index contributed by atoms with van der Waals surface area (Å²) in [5.74, 6) is 1.52. The van der Waals surface area contributed by atoms with Crippen molar-refractivity contribution in [1.29, 1.82) is 0 Å². The number of H-pyrrole nitrogens is 1. The molecular weight excluding hydrogens is 292 g/mol. The number of aromatic amines is 1. The molecule has 3 aromatic rings. The Labute approximate surface area is 133 Å². The number of methoxy groups -OCH3 is 2. The Bertz CT molecular complexity index is 853. The van der Waals surface area contributed by atoms with Crippen LogP contribution in [0.15, 0.2) is 59.5 Å². The Morgan fingerprint density at radius 2 is 1.35 bits per heavy atom. The van der Waals surface area contributed by atoms with Crippen LogP contribution in [0.3, 0.4) is 0 Å². The van der Waals surface area contributed by atoms with Crippen LogP contribution in [0.25, 0.3) is 22.5 Å². The summed E-state index contributed by atoms with van der Waals surface area (Å²) in [5.41, 5.74) is 2.89. The summed E-state index contributed by atoms with van der Waals surface area (Å²) < 4.78 is 10.3. The van der Waals surface area contributed by atoms with Crippen molar-refractivity contribution in [3.63, 3.8) is 0 Å². The van der Waals surface area contributed by atoms with E-state index in [1.54, 1.807) is 14.2 Å². The third kappa shape index (κ3) is 3.08. The lowest BCUT2D eigenvalue weighted by Crippen LogP contribution is -2.08. The third-order valence-corrected chi connectivity index (χ3v) is 3.54. The van der Waals surface area contributed by atoms with Crippen LogP contribution in [0.1, 0.15) is 0 Å². The molecule has 0 aliphatic rings. The van der Waals surface area contributed by atoms with Gasteiger partial charge in [0.2, 0.25) is 0 Å². The van der Waals surface area contributed by atoms with Gasteiger partial charge in [0.25, 0.3) is 5.56 Å². The summed E-state index contributed by atoms with van der Waals surface area (Å²) >= 11 is 0. The van der Waals surface area contributed by atoms with Gasteiger partial charge in [-0.3, -0.25) is 4.79 Å². The minimum Gasteiger partial charge on any atom is -0.497 e. The predicted molar refractivity (Wildman–Crippen MR) is 88.8 cm³/mol. The van der Waals surface area contributed by atoms with Gasteiger partial charge in [-0.15, -0.1) is 0 Å². The summed E-state index contributed by atoms with van der Waals surface area (Å²) in [5, 5.41) is 0. The van der Waals surface area contributed by atoms with Crippen LogP contribution < -0.4 is 15.0 Å². The van der Waals surface area contributed by atoms with Gasteiger partial charge in [0.1, 0.15) is 11.5 Å². The van der Waals surface area contributed by atoms with Crippen molar-refractivity contribution in [3.05, 3.63) is 65.1 Å². The van der Waals surface area contributed by atoms with E-state index in [-0.39, 0.29) is 5.56 Å². The lowest BCUT2D eigenvalue weighted by molar-refractivity contribution is 0.414. The first kappa shape index (κ1) is 14.8. The number of nitrogens with zero attached hydrogens (tertiary/aromatic N) is 1. The van der Waals surface area contributed by atoms with Gasteiger partial charge in [-0.05, 0) is 48.5 Å². The first-order chi connectivity index (χ1) is 11.2. The van der Waals surface area contributed by atoms with Gasteiger partial charge in [0.15, 0.2) is 0 Å². The van der Waals surface area contributed by atoms with E-state index < -0.39 is 0 Å². The second-order valence-corrected chi connectivity index (χ2v) is 4.93. The summed E-state index contributed by atoms with van der Waals surface area (Å²) in [6.07, 6.45) is 1.28. The molecule has 0 aliphatic carbocycles. The molecule has 23 heavy (non-hydrogen) atoms. The molecular formula is C18H16N2O3. The lowest BCUT2D eigenvalue weighted by atomic mass is 10.0. The molecule has 0 amide bonds. The first-order valence-electron chi connectivity index (χ1n) is 7.09. The highest BCUT2D eigenvalue weighted by Gasteiger charge is 2.11. The van der Waals surface area contributed by atoms with Crippen LogP contribution in [0.5, 0.6) is 11.5 Å². The number of benzene rings is 2. The second kappa shape index (κ2) is 6.36. The van der Waals surface area contributed by atoms with Crippen LogP contribution in [0.2, 0.25) is 0 Å². The Morgan fingerprint density at radius 3 is 1.87 bits per heavy atom. The number of rotatable bonds is 4. The highest BCUT2D eigenvalue weighted by atomic mass is 16.5. The molecule has 0 saturated carbocycles. The van der Waals surface area contributed by atoms with Crippen LogP contribution in [0, 0.1) is 0 Å². The van der Waals surface area contributed by atoms with Crippen LogP contribution in [0.4, 0.5) is 0 Å². The minimum absolute atomic E-state index is 0.243. The third-order valence-electron chi connectivity index (χ3n) is 3.54. The van der Waals surface area contributed by atoms with E-state index in [0.29, 0.717) is 11.4 Å². The average molecular weight is 308 g/mol. The predicted octanol–water partition coefficient (Wildman–Crippen LogP) is 3.12. The Balaban J connectivity index is 2.11. The van der Waals surface area contributed by atoms with Gasteiger partial charge in [0, 0.05) is 11.1 Å². The van der Waals surface area contributed by atoms with E-state index in [0.717, 1.165) is 22.6 Å². The van der Waals surface area contributed by atoms with Gasteiger partial charge in [-0.25, -0.2) is 4.98 Å². The number of aromatic nitrogens is 2. The summed E-state index contributed by atoms with van der Waals surface area (Å²) in [6.45, 7) is 0. The van der Waals surface area contributed by atoms with Gasteiger partial charge in [0.05, 0.1) is 31.8 Å². The first-order valence-corrected chi connectivity index (χ1v) is 7.09. The van der Waals surface area contributed by atoms with Crippen LogP contribution in [-0.4, -0.2) is 24.2 Å². The molecule has 0 unspecified atom stereocenters. The molecule has 0 spiro atoms. The van der Waals surface area contributed by atoms with E-state index in [2.05, 4.69) is 9.97 Å². The van der Waals surface area contributed by atoms with Crippen molar-refractivity contribution in [2.24, 2.45) is 0 Å². The molecule has 1 heterocycles. The van der Waals surface area contributed by atoms with E-state index in [4.69, 9.17) is 9.47 Å². The molecule has 0 saturated heterocycles. The molecule has 0 atom stereocenters. The van der Waals surface area contributed by atoms with Gasteiger partial charge in [-0.1, -0.05) is 0 Å². The number of ether oxygens (including phenoxy) is 2. The smallest absolute Gasteiger partial charge is 0.266 e. The maximum absolute atomic E-state index is 11.7. The molecule has 0 bridgehead atoms. The zero-order chi connectivity index (χ0) is 16.2. The lowest BCUT2D eigenvalue weighted by Gasteiger charge is -2.10. The molecule has 3 rings (SSSR count). The standard InChI is InChI=1S/C18H16N2O3/c1-22-14-7-3-12(4-8-14)17-18(20-16(21)11-19-17)13-5-9-15(23-2)10-6-13/h3-11H,1-2H3,(H,20,21). The zero-order valence-electron chi connectivity index (χ0n) is 12.9. The molecule has 0 radical (unpaired) electrons. The van der Waals surface area contributed by atoms with Crippen molar-refractivity contribution in [1.82, 2.24) is 9.97 Å². The van der Waals surface area contributed by atoms with Gasteiger partial charge < -0.3 is 14.5 Å². The molecule has 116 valence electrons. The quantitative estimate of drug-likeness (QED) is 0.804. The SMILES string of the molecule is COc1ccc(-c2ncc(=O)[nH]c2-c2ccc(OC)cc2)cc1. The molecule has 5 nitrogen and oxygen atoms in total. The number of hydrogen-bond donors (Lipinski definition) is 1. The van der Waals surface area contributed by atoms with E-state index >= 15 is 0 Å². The number of nitrogens with one attached hydrogen (secondary N) is 1. The highest BCUT2D eigenvalue weighted by Crippen LogP contribution is 2.29. The largest absolute Gasteiger partial charge is 0.497 e. The van der Waals surface area contributed by atoms with E-state index in [1.807, 2.05) is 48.5 Å². The van der Waals surface area contributed by atoms with Crippen molar-refractivity contribution >= 4 is 0 Å². The van der Waals surface area contributed by atoms with Crippen LogP contribution in [-0.2, 0) is 0 Å². The maximum Gasteiger partial charge on any atom is 0.266 e. The molecule has 2 aromatic carbocycles. The fourth-order valence-corrected chi connectivity index (χ4v) is 2.34. The molecule has 0 aliphatic heterocycles. The Kier molecular flexibility index (Phi) is 4.10. The van der Waals surface area contributed by atoms with E-state index in [1.165, 1.54) is 6.20 Å². The Hall–Kier alpha value is -3.08. The zero-order valence-corrected chi connectivity index (χ0v) is 12.9. The van der Waals surface area contributed by atoms with Gasteiger partial charge >= 0.3 is 0 Å². The topological polar surface area (TPSA) is 64.2 Å². The average Bonchev–Trinajstić information content (AvgIpc) is 2.62. The normalized spacial score (nSPS) is 10.3. The molecule has 1 aromatic heterocycles. The summed E-state index contributed by atoms with van der Waals surface area (Å²) in [7, 11) is 3.24. The monoisotopic (exact) mass is 308 g/mol. The minimum atomic E-state index is -0.243. The molecule has 1 N–H and O–H groups in total. The van der Waals surface area contributed by atoms with Crippen molar-refractivity contribution in [2.45, 2.75) is 0 Å². The van der Waals surface area contributed by atoms with Crippen molar-refractivity contribution < 1.29 is 9.47 Å². The molecule has 5 heteroatoms. The van der Waals surface area contributed by atoms with E-state index in [9.17, 15) is 4.79 Å². The van der Waals surface area contributed by atoms with Gasteiger partial charge in [-0.2, -0.15) is 0 Å².